The fourth-order valence-corrected chi connectivity index (χ4v) is 3.61. The summed E-state index contributed by atoms with van der Waals surface area (Å²) in [5, 5.41) is 11.4. The molecule has 0 atom stereocenters. The molecule has 0 aliphatic rings. The molecule has 0 bridgehead atoms. The van der Waals surface area contributed by atoms with Crippen molar-refractivity contribution in [2.45, 2.75) is 0 Å². The molecule has 1 amide bonds. The number of halogens is 1. The summed E-state index contributed by atoms with van der Waals surface area (Å²) in [4.78, 5) is 17.1. The lowest BCUT2D eigenvalue weighted by Gasteiger charge is -1.94. The van der Waals surface area contributed by atoms with Crippen LogP contribution in [-0.4, -0.2) is 22.3 Å². The van der Waals surface area contributed by atoms with Crippen LogP contribution in [0.15, 0.2) is 57.3 Å². The smallest absolute Gasteiger partial charge is 0.250 e. The van der Waals surface area contributed by atoms with Gasteiger partial charge in [-0.25, -0.2) is 4.99 Å². The van der Waals surface area contributed by atoms with E-state index in [1.165, 1.54) is 17.4 Å². The molecule has 0 spiro atoms. The van der Waals surface area contributed by atoms with Crippen LogP contribution < -0.4 is 5.32 Å². The molecule has 5 nitrogen and oxygen atoms in total. The van der Waals surface area contributed by atoms with Crippen LogP contribution in [0.4, 0.5) is 10.3 Å². The molecule has 3 rings (SSSR count). The molecule has 0 aliphatic heterocycles. The van der Waals surface area contributed by atoms with E-state index in [2.05, 4.69) is 36.4 Å². The van der Waals surface area contributed by atoms with Crippen LogP contribution in [0.3, 0.4) is 0 Å². The first-order valence-electron chi connectivity index (χ1n) is 6.86. The van der Waals surface area contributed by atoms with Gasteiger partial charge in [0.05, 0.1) is 3.79 Å². The van der Waals surface area contributed by atoms with Crippen molar-refractivity contribution < 1.29 is 4.79 Å². The number of nitrogens with zero attached hydrogens (tertiary/aromatic N) is 3. The lowest BCUT2D eigenvalue weighted by atomic mass is 10.2. The van der Waals surface area contributed by atoms with Crippen molar-refractivity contribution >= 4 is 67.1 Å². The molecule has 2 heterocycles. The zero-order valence-electron chi connectivity index (χ0n) is 12.2. The third-order valence-corrected chi connectivity index (χ3v) is 5.07. The van der Waals surface area contributed by atoms with E-state index in [0.29, 0.717) is 10.3 Å². The molecule has 1 N–H and O–H groups in total. The molecule has 0 unspecified atom stereocenters. The maximum absolute atomic E-state index is 11.9. The second-order valence-corrected chi connectivity index (χ2v) is 7.97. The highest BCUT2D eigenvalue weighted by Crippen LogP contribution is 2.24. The molecule has 0 radical (unpaired) electrons. The molecule has 24 heavy (non-hydrogen) atoms. The van der Waals surface area contributed by atoms with E-state index < -0.39 is 0 Å². The van der Waals surface area contributed by atoms with Crippen LogP contribution in [0.25, 0.3) is 6.08 Å². The number of hydrogen-bond donors (Lipinski definition) is 1. The van der Waals surface area contributed by atoms with Gasteiger partial charge in [0.25, 0.3) is 0 Å². The number of carbonyl (C=O) groups excluding carboxylic acids is 1. The summed E-state index contributed by atoms with van der Waals surface area (Å²) in [6.07, 6.45) is 4.92. The Morgan fingerprint density at radius 3 is 2.71 bits per heavy atom. The Morgan fingerprint density at radius 2 is 1.96 bits per heavy atom. The van der Waals surface area contributed by atoms with E-state index in [-0.39, 0.29) is 5.91 Å². The van der Waals surface area contributed by atoms with E-state index in [0.717, 1.165) is 14.2 Å². The molecule has 0 aliphatic carbocycles. The fraction of sp³-hybridized carbons (Fsp3) is 0. The van der Waals surface area contributed by atoms with Gasteiger partial charge in [0, 0.05) is 17.2 Å². The van der Waals surface area contributed by atoms with Gasteiger partial charge >= 0.3 is 0 Å². The van der Waals surface area contributed by atoms with Crippen molar-refractivity contribution in [3.05, 3.63) is 62.8 Å². The van der Waals surface area contributed by atoms with Crippen molar-refractivity contribution in [1.82, 2.24) is 10.2 Å². The number of nitrogens with one attached hydrogen (secondary N) is 1. The van der Waals surface area contributed by atoms with Gasteiger partial charge < -0.3 is 0 Å². The first-order valence-corrected chi connectivity index (χ1v) is 9.29. The summed E-state index contributed by atoms with van der Waals surface area (Å²) in [5.74, 6) is -0.257. The van der Waals surface area contributed by atoms with E-state index in [1.54, 1.807) is 23.6 Å². The van der Waals surface area contributed by atoms with Crippen LogP contribution in [-0.2, 0) is 4.79 Å². The predicted octanol–water partition coefficient (Wildman–Crippen LogP) is 4.76. The first kappa shape index (κ1) is 16.7. The molecule has 0 saturated heterocycles. The van der Waals surface area contributed by atoms with Crippen molar-refractivity contribution in [2.24, 2.45) is 4.99 Å². The van der Waals surface area contributed by atoms with E-state index in [4.69, 9.17) is 0 Å². The number of benzene rings is 1. The van der Waals surface area contributed by atoms with E-state index >= 15 is 0 Å². The van der Waals surface area contributed by atoms with Crippen LogP contribution >= 0.6 is 38.6 Å². The maximum atomic E-state index is 11.9. The van der Waals surface area contributed by atoms with Crippen LogP contribution in [0.5, 0.6) is 0 Å². The number of thiophene rings is 1. The first-order chi connectivity index (χ1) is 11.7. The monoisotopic (exact) mass is 418 g/mol. The Morgan fingerprint density at radius 1 is 1.12 bits per heavy atom. The van der Waals surface area contributed by atoms with Crippen molar-refractivity contribution in [3.8, 4) is 0 Å². The largest absolute Gasteiger partial charge is 0.297 e. The third kappa shape index (κ3) is 4.92. The summed E-state index contributed by atoms with van der Waals surface area (Å²) in [6, 6.07) is 13.5. The topological polar surface area (TPSA) is 67.2 Å². The Kier molecular flexibility index (Phi) is 5.63. The van der Waals surface area contributed by atoms with Gasteiger partial charge in [0.15, 0.2) is 0 Å². The molecule has 2 aromatic heterocycles. The average Bonchev–Trinajstić information content (AvgIpc) is 3.21. The van der Waals surface area contributed by atoms with Gasteiger partial charge in [0.1, 0.15) is 0 Å². The minimum absolute atomic E-state index is 0.257. The lowest BCUT2D eigenvalue weighted by molar-refractivity contribution is -0.111. The average molecular weight is 419 g/mol. The predicted molar refractivity (Wildman–Crippen MR) is 103 cm³/mol. The summed E-state index contributed by atoms with van der Waals surface area (Å²) in [7, 11) is 0. The van der Waals surface area contributed by atoms with Crippen LogP contribution in [0, 0.1) is 0 Å². The molecular weight excluding hydrogens is 408 g/mol. The van der Waals surface area contributed by atoms with Gasteiger partial charge in [-0.3, -0.25) is 10.1 Å². The normalized spacial score (nSPS) is 11.4. The minimum atomic E-state index is -0.257. The van der Waals surface area contributed by atoms with Crippen LogP contribution in [0.1, 0.15) is 10.4 Å². The number of rotatable bonds is 5. The Balaban J connectivity index is 1.58. The summed E-state index contributed by atoms with van der Waals surface area (Å²) in [6.45, 7) is 0. The quantitative estimate of drug-likeness (QED) is 0.479. The number of anilines is 1. The molecule has 3 aromatic rings. The molecular formula is C16H11BrN4OS2. The second-order valence-electron chi connectivity index (χ2n) is 4.52. The highest BCUT2D eigenvalue weighted by molar-refractivity contribution is 9.11. The standard InChI is InChI=1S/C16H11BrN4OS2/c17-13-8-7-12(23-13)10-18-15-20-21-16(24-15)19-14(22)9-6-11-4-2-1-3-5-11/h1-10H,(H,19,21,22)/b9-6+,18-10+. The zero-order valence-corrected chi connectivity index (χ0v) is 15.4. The zero-order chi connectivity index (χ0) is 16.8. The van der Waals surface area contributed by atoms with Crippen molar-refractivity contribution in [3.63, 3.8) is 0 Å². The second kappa shape index (κ2) is 8.09. The maximum Gasteiger partial charge on any atom is 0.250 e. The highest BCUT2D eigenvalue weighted by Gasteiger charge is 2.05. The third-order valence-electron chi connectivity index (χ3n) is 2.77. The van der Waals surface area contributed by atoms with Crippen molar-refractivity contribution in [1.29, 1.82) is 0 Å². The Bertz CT molecular complexity index is 886. The number of hydrogen-bond acceptors (Lipinski definition) is 6. The SMILES string of the molecule is O=C(/C=C/c1ccccc1)Nc1nnc(/N=C/c2ccc(Br)s2)s1. The molecule has 8 heteroatoms. The summed E-state index contributed by atoms with van der Waals surface area (Å²) >= 11 is 6.19. The lowest BCUT2D eigenvalue weighted by Crippen LogP contribution is -2.07. The van der Waals surface area contributed by atoms with Gasteiger partial charge in [-0.1, -0.05) is 41.7 Å². The van der Waals surface area contributed by atoms with Gasteiger partial charge in [-0.2, -0.15) is 0 Å². The summed E-state index contributed by atoms with van der Waals surface area (Å²) < 4.78 is 1.04. The summed E-state index contributed by atoms with van der Waals surface area (Å²) in [5.41, 5.74) is 0.956. The number of aliphatic imine (C=N–C) groups is 1. The van der Waals surface area contributed by atoms with Gasteiger partial charge in [0.2, 0.25) is 16.2 Å². The van der Waals surface area contributed by atoms with E-state index in [9.17, 15) is 4.79 Å². The Labute approximate surface area is 154 Å². The van der Waals surface area contributed by atoms with Crippen LogP contribution in [0.2, 0.25) is 0 Å². The molecule has 120 valence electrons. The fourth-order valence-electron chi connectivity index (χ4n) is 1.72. The van der Waals surface area contributed by atoms with Gasteiger partial charge in [-0.15, -0.1) is 21.5 Å². The number of aromatic nitrogens is 2. The molecule has 0 saturated carbocycles. The molecule has 0 fully saturated rings. The number of amides is 1. The van der Waals surface area contributed by atoms with E-state index in [1.807, 2.05) is 42.5 Å². The molecule has 1 aromatic carbocycles. The van der Waals surface area contributed by atoms with Gasteiger partial charge in [-0.05, 0) is 39.7 Å². The minimum Gasteiger partial charge on any atom is -0.297 e. The number of carbonyl (C=O) groups is 1. The Hall–Kier alpha value is -2.16. The highest BCUT2D eigenvalue weighted by atomic mass is 79.9. The van der Waals surface area contributed by atoms with Crippen molar-refractivity contribution in [2.75, 3.05) is 5.32 Å².